The van der Waals surface area contributed by atoms with Gasteiger partial charge in [0.25, 0.3) is 0 Å². The molecular weight excluding hydrogens is 721 g/mol. The van der Waals surface area contributed by atoms with Crippen LogP contribution in [-0.4, -0.2) is 81.9 Å². The molecular formula is C35H56Cl2F2N4O5Si2. The van der Waals surface area contributed by atoms with Gasteiger partial charge in [-0.15, -0.1) is 23.2 Å². The van der Waals surface area contributed by atoms with Crippen molar-refractivity contribution in [2.24, 2.45) is 5.41 Å². The van der Waals surface area contributed by atoms with Gasteiger partial charge < -0.3 is 23.8 Å². The Hall–Kier alpha value is -1.88. The predicted molar refractivity (Wildman–Crippen MR) is 204 cm³/mol. The second-order valence-electron chi connectivity index (χ2n) is 15.8. The van der Waals surface area contributed by atoms with E-state index in [0.717, 1.165) is 15.8 Å². The minimum atomic E-state index is -3.59. The highest BCUT2D eigenvalue weighted by Crippen LogP contribution is 2.50. The molecule has 3 rings (SSSR count). The number of rotatable bonds is 16. The van der Waals surface area contributed by atoms with Crippen molar-refractivity contribution in [2.45, 2.75) is 122 Å². The van der Waals surface area contributed by atoms with Gasteiger partial charge >= 0.3 is 11.6 Å². The van der Waals surface area contributed by atoms with Gasteiger partial charge in [-0.05, 0) is 73.2 Å². The van der Waals surface area contributed by atoms with Crippen molar-refractivity contribution >= 4 is 58.0 Å². The summed E-state index contributed by atoms with van der Waals surface area (Å²) in [4.78, 5) is 32.1. The normalized spacial score (nSPS) is 20.3. The molecule has 1 N–H and O–H groups in total. The summed E-state index contributed by atoms with van der Waals surface area (Å²) in [7, 11) is -4.43. The number of aromatic nitrogens is 2. The van der Waals surface area contributed by atoms with Crippen LogP contribution < -0.4 is 15.9 Å². The lowest BCUT2D eigenvalue weighted by molar-refractivity contribution is -0.140. The van der Waals surface area contributed by atoms with Crippen molar-refractivity contribution in [3.8, 4) is 0 Å². The molecule has 1 unspecified atom stereocenters. The number of alkyl halides is 4. The first-order chi connectivity index (χ1) is 23.1. The van der Waals surface area contributed by atoms with E-state index in [2.05, 4.69) is 15.2 Å². The number of ether oxygens (including phenoxy) is 1. The van der Waals surface area contributed by atoms with E-state index in [1.165, 1.54) is 12.3 Å². The van der Waals surface area contributed by atoms with Gasteiger partial charge in [0, 0.05) is 43.2 Å². The van der Waals surface area contributed by atoms with Crippen molar-refractivity contribution in [1.82, 2.24) is 9.55 Å². The Labute approximate surface area is 309 Å². The molecule has 2 aromatic rings. The zero-order valence-corrected chi connectivity index (χ0v) is 34.9. The standard InChI is InChI=1S/C35H56Cl2F2N4O5Si2/c1-33(2,3)29(47-49(7)8)28-30(48-50(9,10)34(4,5)6)35(38,39)31(46-28)43-21-18-26(41-32(43)45)40-27(44)13-11-12-24-14-16-25(17-15-24)42(22-19-36)23-20-37/h14-18,21,28-31,49H,11-13,19-20,22-23H2,1-10H3,(H,40,41,44,45)/t28-,29?,30-,31-/m1/s1. The van der Waals surface area contributed by atoms with Gasteiger partial charge in [-0.1, -0.05) is 53.7 Å². The number of carbonyl (C=O) groups excluding carboxylic acids is 1. The van der Waals surface area contributed by atoms with E-state index < -0.39 is 58.9 Å². The van der Waals surface area contributed by atoms with E-state index in [1.54, 1.807) is 0 Å². The molecule has 1 aliphatic rings. The fourth-order valence-corrected chi connectivity index (χ4v) is 8.46. The Morgan fingerprint density at radius 1 is 1.10 bits per heavy atom. The van der Waals surface area contributed by atoms with Crippen molar-refractivity contribution in [3.63, 3.8) is 0 Å². The van der Waals surface area contributed by atoms with Crippen molar-refractivity contribution in [3.05, 3.63) is 52.6 Å². The SMILES string of the molecule is C[SiH](C)OC([C@H]1O[C@@H](n2ccc(NC(=O)CCCc3ccc(N(CCCl)CCCl)cc3)nc2=O)C(F)(F)[C@@H]1O[Si](C)(C)C(C)(C)C)C(C)(C)C. The predicted octanol–water partition coefficient (Wildman–Crippen LogP) is 7.83. The van der Waals surface area contributed by atoms with E-state index >= 15 is 8.78 Å². The van der Waals surface area contributed by atoms with Crippen LogP contribution in [0.15, 0.2) is 41.3 Å². The molecule has 0 saturated carbocycles. The summed E-state index contributed by atoms with van der Waals surface area (Å²) >= 11 is 11.8. The Balaban J connectivity index is 1.76. The number of hydrogen-bond donors (Lipinski definition) is 1. The molecule has 1 aromatic heterocycles. The third kappa shape index (κ3) is 10.8. The number of nitrogens with zero attached hydrogens (tertiary/aromatic N) is 3. The molecule has 1 aliphatic heterocycles. The minimum absolute atomic E-state index is 0.0204. The molecule has 2 heterocycles. The molecule has 0 bridgehead atoms. The zero-order chi connectivity index (χ0) is 37.7. The first-order valence-electron chi connectivity index (χ1n) is 17.3. The summed E-state index contributed by atoms with van der Waals surface area (Å²) in [5.74, 6) is -2.95. The number of amides is 1. The summed E-state index contributed by atoms with van der Waals surface area (Å²) in [5, 5.41) is 2.28. The van der Waals surface area contributed by atoms with Gasteiger partial charge in [0.1, 0.15) is 18.0 Å². The molecule has 50 heavy (non-hydrogen) atoms. The van der Waals surface area contributed by atoms with Crippen LogP contribution in [0.1, 0.15) is 66.2 Å². The van der Waals surface area contributed by atoms with Crippen LogP contribution in [0, 0.1) is 5.41 Å². The number of hydrogen-bond acceptors (Lipinski definition) is 7. The maximum atomic E-state index is 16.6. The van der Waals surface area contributed by atoms with E-state index in [9.17, 15) is 9.59 Å². The molecule has 15 heteroatoms. The molecule has 1 aromatic carbocycles. The maximum absolute atomic E-state index is 16.6. The van der Waals surface area contributed by atoms with Crippen LogP contribution in [-0.2, 0) is 24.8 Å². The molecule has 0 radical (unpaired) electrons. The number of aryl methyl sites for hydroxylation is 1. The second kappa shape index (κ2) is 17.3. The average molecular weight is 778 g/mol. The van der Waals surface area contributed by atoms with Crippen molar-refractivity contribution in [1.29, 1.82) is 0 Å². The van der Waals surface area contributed by atoms with Crippen molar-refractivity contribution in [2.75, 3.05) is 35.1 Å². The minimum Gasteiger partial charge on any atom is -0.414 e. The lowest BCUT2D eigenvalue weighted by Gasteiger charge is -2.43. The van der Waals surface area contributed by atoms with E-state index in [4.69, 9.17) is 36.8 Å². The van der Waals surface area contributed by atoms with Gasteiger partial charge in [0.05, 0.1) is 6.10 Å². The van der Waals surface area contributed by atoms with Gasteiger partial charge in [0.2, 0.25) is 12.1 Å². The molecule has 1 amide bonds. The van der Waals surface area contributed by atoms with E-state index in [-0.39, 0.29) is 23.2 Å². The van der Waals surface area contributed by atoms with Gasteiger partial charge in [-0.3, -0.25) is 9.36 Å². The average Bonchev–Trinajstić information content (AvgIpc) is 3.23. The number of nitrogens with one attached hydrogen (secondary N) is 1. The van der Waals surface area contributed by atoms with Crippen LogP contribution in [0.4, 0.5) is 20.3 Å². The van der Waals surface area contributed by atoms with Crippen LogP contribution in [0.2, 0.25) is 31.2 Å². The second-order valence-corrected chi connectivity index (χ2v) is 23.7. The fourth-order valence-electron chi connectivity index (χ4n) is 5.63. The monoisotopic (exact) mass is 776 g/mol. The van der Waals surface area contributed by atoms with Crippen LogP contribution >= 0.6 is 23.2 Å². The Bertz CT molecular complexity index is 1460. The van der Waals surface area contributed by atoms with E-state index in [0.29, 0.717) is 37.7 Å². The van der Waals surface area contributed by atoms with Crippen LogP contribution in [0.5, 0.6) is 0 Å². The van der Waals surface area contributed by atoms with Crippen LogP contribution in [0.25, 0.3) is 0 Å². The molecule has 1 fully saturated rings. The first-order valence-corrected chi connectivity index (χ1v) is 24.1. The number of benzene rings is 1. The lowest BCUT2D eigenvalue weighted by atomic mass is 9.84. The summed E-state index contributed by atoms with van der Waals surface area (Å²) in [6.45, 7) is 20.9. The maximum Gasteiger partial charge on any atom is 0.351 e. The van der Waals surface area contributed by atoms with Gasteiger partial charge in [-0.2, -0.15) is 13.8 Å². The highest BCUT2D eigenvalue weighted by Gasteiger charge is 2.65. The molecule has 0 aliphatic carbocycles. The highest BCUT2D eigenvalue weighted by atomic mass is 35.5. The molecule has 4 atom stereocenters. The zero-order valence-electron chi connectivity index (χ0n) is 31.2. The third-order valence-electron chi connectivity index (χ3n) is 9.32. The fraction of sp³-hybridized carbons (Fsp3) is 0.686. The number of anilines is 2. The third-order valence-corrected chi connectivity index (χ3v) is 15.0. The lowest BCUT2D eigenvalue weighted by Crippen LogP contribution is -2.56. The number of halogens is 4. The van der Waals surface area contributed by atoms with Crippen molar-refractivity contribution < 1.29 is 27.2 Å². The first kappa shape index (κ1) is 42.5. The summed E-state index contributed by atoms with van der Waals surface area (Å²) in [6.07, 6.45) is -2.87. The quantitative estimate of drug-likeness (QED) is 0.137. The smallest absolute Gasteiger partial charge is 0.351 e. The largest absolute Gasteiger partial charge is 0.414 e. The Morgan fingerprint density at radius 3 is 2.20 bits per heavy atom. The molecule has 282 valence electrons. The van der Waals surface area contributed by atoms with Crippen LogP contribution in [0.3, 0.4) is 0 Å². The summed E-state index contributed by atoms with van der Waals surface area (Å²) in [6, 6.07) is 9.38. The van der Waals surface area contributed by atoms with Gasteiger partial charge in [-0.25, -0.2) is 4.79 Å². The highest BCUT2D eigenvalue weighted by molar-refractivity contribution is 6.74. The Kier molecular flexibility index (Phi) is 14.7. The van der Waals surface area contributed by atoms with Gasteiger partial charge in [0.15, 0.2) is 17.4 Å². The molecule has 0 spiro atoms. The van der Waals surface area contributed by atoms with E-state index in [1.807, 2.05) is 92.0 Å². The Morgan fingerprint density at radius 2 is 1.70 bits per heavy atom. The summed E-state index contributed by atoms with van der Waals surface area (Å²) < 4.78 is 52.8. The molecule has 9 nitrogen and oxygen atoms in total. The number of carbonyl (C=O) groups is 1. The summed E-state index contributed by atoms with van der Waals surface area (Å²) in [5.41, 5.74) is 0.574. The molecule has 1 saturated heterocycles. The topological polar surface area (TPSA) is 94.9 Å².